The van der Waals surface area contributed by atoms with Crippen molar-refractivity contribution in [2.75, 3.05) is 13.1 Å². The zero-order valence-corrected chi connectivity index (χ0v) is 13.2. The van der Waals surface area contributed by atoms with E-state index in [0.29, 0.717) is 12.3 Å². The Bertz CT molecular complexity index is 610. The Hall–Kier alpha value is -2.11. The molecule has 1 aliphatic rings. The number of amides is 1. The number of rotatable bonds is 4. The van der Waals surface area contributed by atoms with Gasteiger partial charge in [-0.05, 0) is 25.8 Å². The van der Waals surface area contributed by atoms with Crippen molar-refractivity contribution in [1.29, 1.82) is 0 Å². The average molecular weight is 301 g/mol. The minimum absolute atomic E-state index is 0.157. The van der Waals surface area contributed by atoms with Crippen LogP contribution in [-0.4, -0.2) is 43.2 Å². The summed E-state index contributed by atoms with van der Waals surface area (Å²) >= 11 is 0. The molecule has 1 amide bonds. The third-order valence-corrected chi connectivity index (χ3v) is 4.63. The lowest BCUT2D eigenvalue weighted by atomic mass is 9.93. The van der Waals surface area contributed by atoms with E-state index in [-0.39, 0.29) is 11.9 Å². The van der Waals surface area contributed by atoms with Gasteiger partial charge in [-0.25, -0.2) is 4.98 Å². The highest BCUT2D eigenvalue weighted by Crippen LogP contribution is 2.28. The second kappa shape index (κ2) is 6.34. The first-order chi connectivity index (χ1) is 10.6. The molecule has 1 fully saturated rings. The number of likely N-dealkylation sites (tertiary alicyclic amines) is 1. The van der Waals surface area contributed by atoms with E-state index in [9.17, 15) is 4.79 Å². The van der Waals surface area contributed by atoms with Crippen LogP contribution in [0.25, 0.3) is 0 Å². The molecule has 1 aliphatic heterocycles. The maximum atomic E-state index is 12.4. The van der Waals surface area contributed by atoms with Gasteiger partial charge in [0, 0.05) is 62.8 Å². The van der Waals surface area contributed by atoms with Crippen LogP contribution in [0.4, 0.5) is 0 Å². The number of nitrogens with zero attached hydrogens (tertiary/aromatic N) is 5. The third-order valence-electron chi connectivity index (χ3n) is 4.63. The van der Waals surface area contributed by atoms with Gasteiger partial charge in [-0.3, -0.25) is 9.48 Å². The molecule has 0 aliphatic carbocycles. The Morgan fingerprint density at radius 1 is 1.36 bits per heavy atom. The van der Waals surface area contributed by atoms with E-state index in [2.05, 4.69) is 23.1 Å². The van der Waals surface area contributed by atoms with E-state index in [4.69, 9.17) is 0 Å². The Morgan fingerprint density at radius 2 is 2.14 bits per heavy atom. The van der Waals surface area contributed by atoms with Crippen LogP contribution in [-0.2, 0) is 11.8 Å². The molecule has 3 heterocycles. The highest BCUT2D eigenvalue weighted by molar-refractivity contribution is 5.76. The van der Waals surface area contributed by atoms with Crippen molar-refractivity contribution < 1.29 is 4.79 Å². The van der Waals surface area contributed by atoms with E-state index in [1.54, 1.807) is 12.5 Å². The summed E-state index contributed by atoms with van der Waals surface area (Å²) in [4.78, 5) is 18.5. The van der Waals surface area contributed by atoms with Gasteiger partial charge in [-0.1, -0.05) is 0 Å². The minimum Gasteiger partial charge on any atom is -0.343 e. The van der Waals surface area contributed by atoms with Gasteiger partial charge in [0.2, 0.25) is 5.91 Å². The van der Waals surface area contributed by atoms with E-state index in [0.717, 1.165) is 25.9 Å². The summed E-state index contributed by atoms with van der Waals surface area (Å²) in [6.07, 6.45) is 9.85. The van der Waals surface area contributed by atoms with E-state index in [1.165, 1.54) is 5.69 Å². The predicted octanol–water partition coefficient (Wildman–Crippen LogP) is 1.97. The molecule has 0 spiro atoms. The van der Waals surface area contributed by atoms with Crippen LogP contribution >= 0.6 is 0 Å². The maximum Gasteiger partial charge on any atom is 0.224 e. The van der Waals surface area contributed by atoms with Crippen molar-refractivity contribution in [2.24, 2.45) is 7.05 Å². The van der Waals surface area contributed by atoms with Gasteiger partial charge in [0.1, 0.15) is 0 Å². The number of aryl methyl sites for hydroxylation is 1. The molecular weight excluding hydrogens is 278 g/mol. The van der Waals surface area contributed by atoms with E-state index < -0.39 is 0 Å². The van der Waals surface area contributed by atoms with Crippen LogP contribution in [0.5, 0.6) is 0 Å². The molecule has 2 aromatic rings. The van der Waals surface area contributed by atoms with Crippen LogP contribution in [0.15, 0.2) is 31.0 Å². The van der Waals surface area contributed by atoms with Crippen LogP contribution in [0.2, 0.25) is 0 Å². The van der Waals surface area contributed by atoms with Crippen molar-refractivity contribution in [3.05, 3.63) is 36.7 Å². The lowest BCUT2D eigenvalue weighted by Crippen LogP contribution is -2.39. The zero-order chi connectivity index (χ0) is 15.5. The summed E-state index contributed by atoms with van der Waals surface area (Å²) in [7, 11) is 1.99. The standard InChI is InChI=1S/C16H23N5O/c1-13(21-10-7-17-12-21)11-16(22)20-8-4-14(5-9-20)15-3-6-18-19(15)2/h3,6-7,10,12-14H,4-5,8-9,11H2,1-2H3. The Balaban J connectivity index is 1.53. The topological polar surface area (TPSA) is 56.0 Å². The highest BCUT2D eigenvalue weighted by Gasteiger charge is 2.26. The first kappa shape index (κ1) is 14.8. The summed E-state index contributed by atoms with van der Waals surface area (Å²) in [6.45, 7) is 3.73. The molecule has 6 nitrogen and oxygen atoms in total. The summed E-state index contributed by atoms with van der Waals surface area (Å²) in [5.41, 5.74) is 1.28. The molecule has 0 radical (unpaired) electrons. The Kier molecular flexibility index (Phi) is 4.27. The fourth-order valence-electron chi connectivity index (χ4n) is 3.23. The van der Waals surface area contributed by atoms with Gasteiger partial charge < -0.3 is 9.47 Å². The van der Waals surface area contributed by atoms with E-state index >= 15 is 0 Å². The first-order valence-corrected chi connectivity index (χ1v) is 7.88. The molecule has 1 unspecified atom stereocenters. The molecule has 2 aromatic heterocycles. The SMILES string of the molecule is CC(CC(=O)N1CCC(c2ccnn2C)CC1)n1ccnc1. The summed E-state index contributed by atoms with van der Waals surface area (Å²) in [5, 5.41) is 4.24. The van der Waals surface area contributed by atoms with Crippen LogP contribution in [0.3, 0.4) is 0 Å². The lowest BCUT2D eigenvalue weighted by Gasteiger charge is -2.32. The van der Waals surface area contributed by atoms with Crippen molar-refractivity contribution in [1.82, 2.24) is 24.2 Å². The third kappa shape index (κ3) is 3.05. The lowest BCUT2D eigenvalue weighted by molar-refractivity contribution is -0.133. The number of hydrogen-bond donors (Lipinski definition) is 0. The monoisotopic (exact) mass is 301 g/mol. The van der Waals surface area contributed by atoms with Gasteiger partial charge in [-0.15, -0.1) is 0 Å². The number of carbonyl (C=O) groups is 1. The number of piperidine rings is 1. The zero-order valence-electron chi connectivity index (χ0n) is 13.2. The molecule has 6 heteroatoms. The molecule has 0 bridgehead atoms. The largest absolute Gasteiger partial charge is 0.343 e. The second-order valence-corrected chi connectivity index (χ2v) is 6.10. The summed E-state index contributed by atoms with van der Waals surface area (Å²) in [5.74, 6) is 0.757. The molecule has 1 saturated heterocycles. The fourth-order valence-corrected chi connectivity index (χ4v) is 3.23. The molecular formula is C16H23N5O. The van der Waals surface area contributed by atoms with Crippen molar-refractivity contribution in [3.63, 3.8) is 0 Å². The smallest absolute Gasteiger partial charge is 0.224 e. The van der Waals surface area contributed by atoms with Crippen LogP contribution < -0.4 is 0 Å². The fraction of sp³-hybridized carbons (Fsp3) is 0.562. The molecule has 22 heavy (non-hydrogen) atoms. The van der Waals surface area contributed by atoms with Crippen molar-refractivity contribution in [2.45, 2.75) is 38.1 Å². The Labute approximate surface area is 130 Å². The molecule has 0 saturated carbocycles. The second-order valence-electron chi connectivity index (χ2n) is 6.10. The number of carbonyl (C=O) groups excluding carboxylic acids is 1. The normalized spacial score (nSPS) is 17.6. The summed E-state index contributed by atoms with van der Waals surface area (Å²) < 4.78 is 3.93. The van der Waals surface area contributed by atoms with Crippen molar-refractivity contribution in [3.8, 4) is 0 Å². The molecule has 1 atom stereocenters. The quantitative estimate of drug-likeness (QED) is 0.867. The molecule has 118 valence electrons. The number of hydrogen-bond acceptors (Lipinski definition) is 3. The van der Waals surface area contributed by atoms with Gasteiger partial charge in [0.25, 0.3) is 0 Å². The van der Waals surface area contributed by atoms with Crippen LogP contribution in [0, 0.1) is 0 Å². The summed E-state index contributed by atoms with van der Waals surface area (Å²) in [6, 6.07) is 2.24. The highest BCUT2D eigenvalue weighted by atomic mass is 16.2. The van der Waals surface area contributed by atoms with E-state index in [1.807, 2.05) is 33.6 Å². The van der Waals surface area contributed by atoms with Gasteiger partial charge in [0.05, 0.1) is 6.33 Å². The Morgan fingerprint density at radius 3 is 2.73 bits per heavy atom. The average Bonchev–Trinajstić information content (AvgIpc) is 3.18. The van der Waals surface area contributed by atoms with Gasteiger partial charge in [0.15, 0.2) is 0 Å². The minimum atomic E-state index is 0.157. The van der Waals surface area contributed by atoms with Gasteiger partial charge >= 0.3 is 0 Å². The molecule has 3 rings (SSSR count). The number of aromatic nitrogens is 4. The molecule has 0 N–H and O–H groups in total. The number of imidazole rings is 1. The maximum absolute atomic E-state index is 12.4. The molecule has 0 aromatic carbocycles. The van der Waals surface area contributed by atoms with Crippen molar-refractivity contribution >= 4 is 5.91 Å². The van der Waals surface area contributed by atoms with Crippen LogP contribution in [0.1, 0.15) is 43.8 Å². The predicted molar refractivity (Wildman–Crippen MR) is 83.3 cm³/mol. The van der Waals surface area contributed by atoms with Gasteiger partial charge in [-0.2, -0.15) is 5.10 Å². The first-order valence-electron chi connectivity index (χ1n) is 7.88.